The summed E-state index contributed by atoms with van der Waals surface area (Å²) in [6.07, 6.45) is 0.220. The lowest BCUT2D eigenvalue weighted by Gasteiger charge is -2.06. The van der Waals surface area contributed by atoms with E-state index in [0.717, 1.165) is 0 Å². The van der Waals surface area contributed by atoms with Crippen LogP contribution in [0.5, 0.6) is 0 Å². The molecule has 0 aliphatic heterocycles. The van der Waals surface area contributed by atoms with Gasteiger partial charge in [0.25, 0.3) is 5.69 Å². The van der Waals surface area contributed by atoms with Crippen LogP contribution in [-0.4, -0.2) is 16.7 Å². The number of nitrogens with zero attached hydrogens (tertiary/aromatic N) is 1. The summed E-state index contributed by atoms with van der Waals surface area (Å²) in [5.41, 5.74) is 1.23. The first-order chi connectivity index (χ1) is 7.54. The number of hydrogen-bond acceptors (Lipinski definition) is 3. The zero-order valence-corrected chi connectivity index (χ0v) is 9.45. The SMILES string of the molecule is Cc1cc([N+](=O)[O-])ccc1NC(=O)CCCl. The highest BCUT2D eigenvalue weighted by Crippen LogP contribution is 2.21. The Labute approximate surface area is 97.6 Å². The minimum atomic E-state index is -0.475. The molecule has 16 heavy (non-hydrogen) atoms. The molecule has 0 fully saturated rings. The normalized spacial score (nSPS) is 9.88. The molecule has 0 saturated carbocycles. The summed E-state index contributed by atoms with van der Waals surface area (Å²) in [6, 6.07) is 4.28. The zero-order chi connectivity index (χ0) is 12.1. The van der Waals surface area contributed by atoms with E-state index in [4.69, 9.17) is 11.6 Å². The second-order valence-electron chi connectivity index (χ2n) is 3.24. The fourth-order valence-corrected chi connectivity index (χ4v) is 1.37. The van der Waals surface area contributed by atoms with E-state index < -0.39 is 4.92 Å². The van der Waals surface area contributed by atoms with Crippen molar-refractivity contribution in [3.05, 3.63) is 33.9 Å². The van der Waals surface area contributed by atoms with Gasteiger partial charge in [0.2, 0.25) is 5.91 Å². The molecule has 86 valence electrons. The monoisotopic (exact) mass is 242 g/mol. The van der Waals surface area contributed by atoms with E-state index in [9.17, 15) is 14.9 Å². The second kappa shape index (κ2) is 5.46. The smallest absolute Gasteiger partial charge is 0.269 e. The first-order valence-electron chi connectivity index (χ1n) is 4.65. The Morgan fingerprint density at radius 1 is 1.56 bits per heavy atom. The summed E-state index contributed by atoms with van der Waals surface area (Å²) >= 11 is 5.42. The largest absolute Gasteiger partial charge is 0.326 e. The number of nitrogens with one attached hydrogen (secondary N) is 1. The number of amides is 1. The minimum Gasteiger partial charge on any atom is -0.326 e. The van der Waals surface area contributed by atoms with Crippen LogP contribution < -0.4 is 5.32 Å². The summed E-state index contributed by atoms with van der Waals surface area (Å²) < 4.78 is 0. The molecule has 0 heterocycles. The summed E-state index contributed by atoms with van der Waals surface area (Å²) in [5, 5.41) is 13.1. The Morgan fingerprint density at radius 3 is 2.75 bits per heavy atom. The maximum Gasteiger partial charge on any atom is 0.269 e. The van der Waals surface area contributed by atoms with Gasteiger partial charge in [0.05, 0.1) is 4.92 Å². The maximum absolute atomic E-state index is 11.3. The summed E-state index contributed by atoms with van der Waals surface area (Å²) in [7, 11) is 0. The van der Waals surface area contributed by atoms with Crippen molar-refractivity contribution in [1.82, 2.24) is 0 Å². The molecule has 0 aliphatic rings. The molecule has 6 heteroatoms. The third-order valence-corrected chi connectivity index (χ3v) is 2.21. The molecule has 5 nitrogen and oxygen atoms in total. The van der Waals surface area contributed by atoms with E-state index in [1.54, 1.807) is 6.92 Å². The number of carbonyl (C=O) groups is 1. The van der Waals surface area contributed by atoms with Gasteiger partial charge in [-0.2, -0.15) is 0 Å². The molecule has 1 N–H and O–H groups in total. The number of non-ortho nitro benzene ring substituents is 1. The first kappa shape index (κ1) is 12.4. The summed E-state index contributed by atoms with van der Waals surface area (Å²) in [5.74, 6) is 0.0460. The van der Waals surface area contributed by atoms with Gasteiger partial charge in [-0.15, -0.1) is 11.6 Å². The molecule has 0 bridgehead atoms. The Morgan fingerprint density at radius 2 is 2.25 bits per heavy atom. The zero-order valence-electron chi connectivity index (χ0n) is 8.70. The van der Waals surface area contributed by atoms with Gasteiger partial charge >= 0.3 is 0 Å². The molecule has 0 aromatic heterocycles. The number of anilines is 1. The molecule has 0 saturated heterocycles. The molecule has 0 aliphatic carbocycles. The quantitative estimate of drug-likeness (QED) is 0.501. The lowest BCUT2D eigenvalue weighted by Crippen LogP contribution is -2.12. The number of rotatable bonds is 4. The molecular formula is C10H11ClN2O3. The average Bonchev–Trinajstić information content (AvgIpc) is 2.21. The van der Waals surface area contributed by atoms with Crippen LogP contribution in [0, 0.1) is 17.0 Å². The predicted octanol–water partition coefficient (Wildman–Crippen LogP) is 2.47. The van der Waals surface area contributed by atoms with Crippen molar-refractivity contribution < 1.29 is 9.72 Å². The molecule has 1 rings (SSSR count). The fourth-order valence-electron chi connectivity index (χ4n) is 1.20. The fraction of sp³-hybridized carbons (Fsp3) is 0.300. The maximum atomic E-state index is 11.3. The Kier molecular flexibility index (Phi) is 4.25. The van der Waals surface area contributed by atoms with Crippen molar-refractivity contribution in [2.75, 3.05) is 11.2 Å². The summed E-state index contributed by atoms with van der Waals surface area (Å²) in [4.78, 5) is 21.3. The number of alkyl halides is 1. The van der Waals surface area contributed by atoms with Gasteiger partial charge in [-0.05, 0) is 18.6 Å². The van der Waals surface area contributed by atoms with Crippen LogP contribution in [0.4, 0.5) is 11.4 Å². The van der Waals surface area contributed by atoms with Gasteiger partial charge in [-0.3, -0.25) is 14.9 Å². The van der Waals surface area contributed by atoms with Crippen molar-refractivity contribution in [2.45, 2.75) is 13.3 Å². The lowest BCUT2D eigenvalue weighted by molar-refractivity contribution is -0.384. The van der Waals surface area contributed by atoms with Gasteiger partial charge in [0.1, 0.15) is 0 Å². The van der Waals surface area contributed by atoms with Crippen molar-refractivity contribution in [2.24, 2.45) is 0 Å². The highest BCUT2D eigenvalue weighted by Gasteiger charge is 2.09. The Hall–Kier alpha value is -1.62. The van der Waals surface area contributed by atoms with E-state index in [2.05, 4.69) is 5.32 Å². The predicted molar refractivity (Wildman–Crippen MR) is 61.8 cm³/mol. The molecule has 0 radical (unpaired) electrons. The van der Waals surface area contributed by atoms with Crippen molar-refractivity contribution in [3.63, 3.8) is 0 Å². The standard InChI is InChI=1S/C10H11ClN2O3/c1-7-6-8(13(15)16)2-3-9(7)12-10(14)4-5-11/h2-3,6H,4-5H2,1H3,(H,12,14). The molecule has 0 atom stereocenters. The number of aryl methyl sites for hydroxylation is 1. The van der Waals surface area contributed by atoms with Crippen LogP contribution in [-0.2, 0) is 4.79 Å². The first-order valence-corrected chi connectivity index (χ1v) is 5.19. The van der Waals surface area contributed by atoms with Gasteiger partial charge in [-0.1, -0.05) is 0 Å². The molecule has 1 amide bonds. The topological polar surface area (TPSA) is 72.2 Å². The molecule has 0 unspecified atom stereocenters. The number of nitro groups is 1. The highest BCUT2D eigenvalue weighted by atomic mass is 35.5. The third kappa shape index (κ3) is 3.20. The van der Waals surface area contributed by atoms with Crippen LogP contribution in [0.1, 0.15) is 12.0 Å². The Balaban J connectivity index is 2.83. The van der Waals surface area contributed by atoms with Crippen molar-refractivity contribution in [1.29, 1.82) is 0 Å². The van der Waals surface area contributed by atoms with Gasteiger partial charge in [-0.25, -0.2) is 0 Å². The van der Waals surface area contributed by atoms with E-state index in [1.807, 2.05) is 0 Å². The van der Waals surface area contributed by atoms with E-state index in [-0.39, 0.29) is 23.9 Å². The van der Waals surface area contributed by atoms with Crippen LogP contribution in [0.25, 0.3) is 0 Å². The molecule has 1 aromatic carbocycles. The van der Waals surface area contributed by atoms with Crippen molar-refractivity contribution in [3.8, 4) is 0 Å². The van der Waals surface area contributed by atoms with Crippen LogP contribution in [0.3, 0.4) is 0 Å². The number of hydrogen-bond donors (Lipinski definition) is 1. The average molecular weight is 243 g/mol. The van der Waals surface area contributed by atoms with Crippen LogP contribution >= 0.6 is 11.6 Å². The number of nitro benzene ring substituents is 1. The van der Waals surface area contributed by atoms with E-state index in [0.29, 0.717) is 11.3 Å². The van der Waals surface area contributed by atoms with E-state index >= 15 is 0 Å². The minimum absolute atomic E-state index is 0.00726. The second-order valence-corrected chi connectivity index (χ2v) is 3.62. The molecule has 0 spiro atoms. The summed E-state index contributed by atoms with van der Waals surface area (Å²) in [6.45, 7) is 1.70. The Bertz CT molecular complexity index is 421. The van der Waals surface area contributed by atoms with Crippen LogP contribution in [0.15, 0.2) is 18.2 Å². The number of benzene rings is 1. The van der Waals surface area contributed by atoms with Gasteiger partial charge < -0.3 is 5.32 Å². The van der Waals surface area contributed by atoms with Crippen molar-refractivity contribution >= 4 is 28.9 Å². The van der Waals surface area contributed by atoms with Gasteiger partial charge in [0.15, 0.2) is 0 Å². The number of carbonyl (C=O) groups excluding carboxylic acids is 1. The number of halogens is 1. The lowest BCUT2D eigenvalue weighted by atomic mass is 10.2. The van der Waals surface area contributed by atoms with Gasteiger partial charge in [0, 0.05) is 30.1 Å². The van der Waals surface area contributed by atoms with Crippen LogP contribution in [0.2, 0.25) is 0 Å². The highest BCUT2D eigenvalue weighted by molar-refractivity contribution is 6.19. The third-order valence-electron chi connectivity index (χ3n) is 2.02. The molecular weight excluding hydrogens is 232 g/mol. The molecule has 1 aromatic rings. The van der Waals surface area contributed by atoms with E-state index in [1.165, 1.54) is 18.2 Å².